The monoisotopic (exact) mass is 415 g/mol. The van der Waals surface area contributed by atoms with Crippen molar-refractivity contribution in [2.24, 2.45) is 0 Å². The second-order valence-electron chi connectivity index (χ2n) is 6.61. The molecule has 7 nitrogen and oxygen atoms in total. The standard InChI is InChI=1S/C24H21N3O4/c1-2-29-20-13-11-19(12-14-20)25-22(28)16-30-21-10-6-9-18(15-21)23-26-24(31-27-23)17-7-4-3-5-8-17/h3-15H,2,16H2,1H3,(H,25,28). The first kappa shape index (κ1) is 20.2. The topological polar surface area (TPSA) is 86.5 Å². The second-order valence-corrected chi connectivity index (χ2v) is 6.61. The Kier molecular flexibility index (Phi) is 6.23. The molecule has 0 unspecified atom stereocenters. The number of aromatic nitrogens is 2. The largest absolute Gasteiger partial charge is 0.494 e. The van der Waals surface area contributed by atoms with Gasteiger partial charge in [-0.3, -0.25) is 4.79 Å². The molecule has 0 saturated carbocycles. The molecule has 0 saturated heterocycles. The molecule has 31 heavy (non-hydrogen) atoms. The summed E-state index contributed by atoms with van der Waals surface area (Å²) in [6, 6.07) is 23.9. The Labute approximate surface area is 179 Å². The average Bonchev–Trinajstić information content (AvgIpc) is 3.31. The Balaban J connectivity index is 1.36. The zero-order valence-electron chi connectivity index (χ0n) is 16.9. The van der Waals surface area contributed by atoms with E-state index in [1.807, 2.05) is 49.4 Å². The molecule has 1 aromatic heterocycles. The third kappa shape index (κ3) is 5.27. The molecule has 156 valence electrons. The molecule has 0 aliphatic rings. The van der Waals surface area contributed by atoms with Gasteiger partial charge in [0.2, 0.25) is 5.82 Å². The predicted molar refractivity (Wildman–Crippen MR) is 117 cm³/mol. The first-order valence-electron chi connectivity index (χ1n) is 9.86. The Morgan fingerprint density at radius 3 is 2.45 bits per heavy atom. The normalized spacial score (nSPS) is 10.5. The summed E-state index contributed by atoms with van der Waals surface area (Å²) in [5, 5.41) is 6.83. The highest BCUT2D eigenvalue weighted by atomic mass is 16.5. The Morgan fingerprint density at radius 2 is 1.68 bits per heavy atom. The van der Waals surface area contributed by atoms with Gasteiger partial charge in [0.1, 0.15) is 11.5 Å². The Bertz CT molecular complexity index is 1140. The van der Waals surface area contributed by atoms with Crippen LogP contribution in [0.4, 0.5) is 5.69 Å². The van der Waals surface area contributed by atoms with Gasteiger partial charge in [-0.15, -0.1) is 0 Å². The number of benzene rings is 3. The fourth-order valence-corrected chi connectivity index (χ4v) is 2.91. The smallest absolute Gasteiger partial charge is 0.262 e. The van der Waals surface area contributed by atoms with Crippen LogP contribution in [-0.4, -0.2) is 29.3 Å². The molecule has 0 atom stereocenters. The molecule has 3 aromatic carbocycles. The maximum atomic E-state index is 12.2. The number of rotatable bonds is 8. The van der Waals surface area contributed by atoms with Crippen molar-refractivity contribution in [2.45, 2.75) is 6.92 Å². The highest BCUT2D eigenvalue weighted by Crippen LogP contribution is 2.25. The summed E-state index contributed by atoms with van der Waals surface area (Å²) in [5.74, 6) is 1.91. The molecule has 0 bridgehead atoms. The summed E-state index contributed by atoms with van der Waals surface area (Å²) >= 11 is 0. The van der Waals surface area contributed by atoms with Gasteiger partial charge >= 0.3 is 0 Å². The lowest BCUT2D eigenvalue weighted by molar-refractivity contribution is -0.118. The first-order chi connectivity index (χ1) is 15.2. The van der Waals surface area contributed by atoms with E-state index in [4.69, 9.17) is 14.0 Å². The zero-order chi connectivity index (χ0) is 21.5. The minimum absolute atomic E-state index is 0.127. The highest BCUT2D eigenvalue weighted by Gasteiger charge is 2.11. The molecule has 0 radical (unpaired) electrons. The van der Waals surface area contributed by atoms with Crippen LogP contribution in [0.3, 0.4) is 0 Å². The van der Waals surface area contributed by atoms with Gasteiger partial charge in [0.15, 0.2) is 6.61 Å². The molecule has 0 spiro atoms. The minimum Gasteiger partial charge on any atom is -0.494 e. The minimum atomic E-state index is -0.263. The Morgan fingerprint density at radius 1 is 0.903 bits per heavy atom. The molecule has 1 heterocycles. The summed E-state index contributed by atoms with van der Waals surface area (Å²) in [5.41, 5.74) is 2.25. The van der Waals surface area contributed by atoms with E-state index in [0.29, 0.717) is 29.8 Å². The molecule has 1 amide bonds. The fourth-order valence-electron chi connectivity index (χ4n) is 2.91. The number of nitrogens with one attached hydrogen (secondary N) is 1. The van der Waals surface area contributed by atoms with E-state index in [2.05, 4.69) is 15.5 Å². The first-order valence-corrected chi connectivity index (χ1v) is 9.86. The van der Waals surface area contributed by atoms with Crippen LogP contribution in [0.2, 0.25) is 0 Å². The van der Waals surface area contributed by atoms with Crippen LogP contribution in [0, 0.1) is 0 Å². The van der Waals surface area contributed by atoms with Crippen LogP contribution in [0.5, 0.6) is 11.5 Å². The number of hydrogen-bond donors (Lipinski definition) is 1. The third-order valence-electron chi connectivity index (χ3n) is 4.36. The van der Waals surface area contributed by atoms with Crippen molar-refractivity contribution in [2.75, 3.05) is 18.5 Å². The fraction of sp³-hybridized carbons (Fsp3) is 0.125. The van der Waals surface area contributed by atoms with Gasteiger partial charge in [0, 0.05) is 16.8 Å². The van der Waals surface area contributed by atoms with Crippen LogP contribution in [-0.2, 0) is 4.79 Å². The Hall–Kier alpha value is -4.13. The lowest BCUT2D eigenvalue weighted by atomic mass is 10.2. The van der Waals surface area contributed by atoms with Crippen LogP contribution in [0.1, 0.15) is 6.92 Å². The highest BCUT2D eigenvalue weighted by molar-refractivity contribution is 5.91. The van der Waals surface area contributed by atoms with Crippen molar-refractivity contribution in [1.82, 2.24) is 10.1 Å². The number of carbonyl (C=O) groups excluding carboxylic acids is 1. The van der Waals surface area contributed by atoms with Gasteiger partial charge in [-0.05, 0) is 55.5 Å². The van der Waals surface area contributed by atoms with Crippen molar-refractivity contribution in [3.63, 3.8) is 0 Å². The summed E-state index contributed by atoms with van der Waals surface area (Å²) in [4.78, 5) is 16.6. The van der Waals surface area contributed by atoms with E-state index in [-0.39, 0.29) is 12.5 Å². The van der Waals surface area contributed by atoms with Gasteiger partial charge in [0.05, 0.1) is 6.61 Å². The molecule has 4 rings (SSSR count). The summed E-state index contributed by atoms with van der Waals surface area (Å²) in [6.45, 7) is 2.39. The third-order valence-corrected chi connectivity index (χ3v) is 4.36. The predicted octanol–water partition coefficient (Wildman–Crippen LogP) is 4.82. The van der Waals surface area contributed by atoms with Gasteiger partial charge in [0.25, 0.3) is 11.8 Å². The van der Waals surface area contributed by atoms with Crippen molar-refractivity contribution in [1.29, 1.82) is 0 Å². The molecular weight excluding hydrogens is 394 g/mol. The van der Waals surface area contributed by atoms with E-state index in [1.54, 1.807) is 36.4 Å². The van der Waals surface area contributed by atoms with E-state index in [9.17, 15) is 4.79 Å². The van der Waals surface area contributed by atoms with Gasteiger partial charge < -0.3 is 19.3 Å². The van der Waals surface area contributed by atoms with Crippen molar-refractivity contribution in [3.8, 4) is 34.3 Å². The number of carbonyl (C=O) groups is 1. The number of hydrogen-bond acceptors (Lipinski definition) is 6. The maximum Gasteiger partial charge on any atom is 0.262 e. The van der Waals surface area contributed by atoms with E-state index in [1.165, 1.54) is 0 Å². The van der Waals surface area contributed by atoms with Crippen LogP contribution < -0.4 is 14.8 Å². The van der Waals surface area contributed by atoms with Crippen molar-refractivity contribution >= 4 is 11.6 Å². The van der Waals surface area contributed by atoms with E-state index in [0.717, 1.165) is 16.9 Å². The van der Waals surface area contributed by atoms with E-state index >= 15 is 0 Å². The quantitative estimate of drug-likeness (QED) is 0.444. The SMILES string of the molecule is CCOc1ccc(NC(=O)COc2cccc(-c3noc(-c4ccccc4)n3)c2)cc1. The molecule has 0 fully saturated rings. The number of nitrogens with zero attached hydrogens (tertiary/aromatic N) is 2. The van der Waals surface area contributed by atoms with Crippen LogP contribution in [0.15, 0.2) is 83.4 Å². The number of amides is 1. The maximum absolute atomic E-state index is 12.2. The van der Waals surface area contributed by atoms with Crippen molar-refractivity contribution in [3.05, 3.63) is 78.9 Å². The summed E-state index contributed by atoms with van der Waals surface area (Å²) < 4.78 is 16.4. The van der Waals surface area contributed by atoms with E-state index < -0.39 is 0 Å². The second kappa shape index (κ2) is 9.58. The molecule has 4 aromatic rings. The molecule has 0 aliphatic heterocycles. The van der Waals surface area contributed by atoms with Gasteiger partial charge in [-0.1, -0.05) is 35.5 Å². The van der Waals surface area contributed by atoms with Crippen LogP contribution >= 0.6 is 0 Å². The van der Waals surface area contributed by atoms with Crippen molar-refractivity contribution < 1.29 is 18.8 Å². The van der Waals surface area contributed by atoms with Crippen LogP contribution in [0.25, 0.3) is 22.8 Å². The number of ether oxygens (including phenoxy) is 2. The van der Waals surface area contributed by atoms with Gasteiger partial charge in [-0.2, -0.15) is 4.98 Å². The average molecular weight is 415 g/mol. The van der Waals surface area contributed by atoms with Gasteiger partial charge in [-0.25, -0.2) is 0 Å². The molecular formula is C24H21N3O4. The lowest BCUT2D eigenvalue weighted by Crippen LogP contribution is -2.20. The summed E-state index contributed by atoms with van der Waals surface area (Å²) in [7, 11) is 0. The lowest BCUT2D eigenvalue weighted by Gasteiger charge is -2.09. The molecule has 7 heteroatoms. The zero-order valence-corrected chi connectivity index (χ0v) is 16.9. The molecule has 0 aliphatic carbocycles. The number of anilines is 1. The summed E-state index contributed by atoms with van der Waals surface area (Å²) in [6.07, 6.45) is 0. The molecule has 1 N–H and O–H groups in total.